The molecule has 2 atom stereocenters. The van der Waals surface area contributed by atoms with E-state index in [1.807, 2.05) is 20.8 Å². The molecule has 0 radical (unpaired) electrons. The van der Waals surface area contributed by atoms with Crippen LogP contribution in [-0.2, 0) is 4.79 Å². The van der Waals surface area contributed by atoms with Gasteiger partial charge in [-0.15, -0.1) is 0 Å². The predicted octanol–water partition coefficient (Wildman–Crippen LogP) is 3.40. The van der Waals surface area contributed by atoms with Gasteiger partial charge in [0.1, 0.15) is 11.6 Å². The maximum Gasteiger partial charge on any atom is 0.143 e. The highest BCUT2D eigenvalue weighted by atomic mass is 35.5. The van der Waals surface area contributed by atoms with Gasteiger partial charge in [-0.25, -0.2) is 4.39 Å². The van der Waals surface area contributed by atoms with Crippen LogP contribution in [0.25, 0.3) is 0 Å². The number of halogens is 2. The van der Waals surface area contributed by atoms with Crippen LogP contribution in [0.2, 0.25) is 5.02 Å². The third-order valence-electron chi connectivity index (χ3n) is 3.65. The second-order valence-electron chi connectivity index (χ2n) is 6.15. The minimum Gasteiger partial charge on any atom is -0.315 e. The van der Waals surface area contributed by atoms with Gasteiger partial charge >= 0.3 is 0 Å². The Balaban J connectivity index is 2.31. The number of ketones is 1. The van der Waals surface area contributed by atoms with Crippen LogP contribution in [0.1, 0.15) is 32.3 Å². The van der Waals surface area contributed by atoms with Gasteiger partial charge in [0.2, 0.25) is 0 Å². The molecule has 1 N–H and O–H groups in total. The molecule has 1 aliphatic rings. The topological polar surface area (TPSA) is 29.1 Å². The molecule has 0 aliphatic carbocycles. The average Bonchev–Trinajstić information content (AvgIpc) is 2.75. The summed E-state index contributed by atoms with van der Waals surface area (Å²) in [6.07, 6.45) is 0. The predicted molar refractivity (Wildman–Crippen MR) is 75.0 cm³/mol. The van der Waals surface area contributed by atoms with E-state index in [1.54, 1.807) is 12.1 Å². The Bertz CT molecular complexity index is 495. The Kier molecular flexibility index (Phi) is 3.98. The molecule has 0 aromatic heterocycles. The van der Waals surface area contributed by atoms with Gasteiger partial charge in [0.25, 0.3) is 0 Å². The van der Waals surface area contributed by atoms with Gasteiger partial charge in [-0.1, -0.05) is 38.4 Å². The Hall–Kier alpha value is -0.930. The van der Waals surface area contributed by atoms with Crippen molar-refractivity contribution in [3.8, 4) is 0 Å². The lowest BCUT2D eigenvalue weighted by Crippen LogP contribution is -2.32. The third-order valence-corrected chi connectivity index (χ3v) is 3.89. The van der Waals surface area contributed by atoms with Gasteiger partial charge in [-0.05, 0) is 17.7 Å². The normalized spacial score (nSPS) is 23.6. The zero-order valence-corrected chi connectivity index (χ0v) is 12.2. The van der Waals surface area contributed by atoms with Crippen LogP contribution >= 0.6 is 11.6 Å². The molecule has 2 nitrogen and oxygen atoms in total. The highest BCUT2D eigenvalue weighted by molar-refractivity contribution is 6.30. The monoisotopic (exact) mass is 283 g/mol. The van der Waals surface area contributed by atoms with Gasteiger partial charge in [0.05, 0.1) is 0 Å². The van der Waals surface area contributed by atoms with E-state index in [0.29, 0.717) is 23.7 Å². The number of carbonyl (C=O) groups is 1. The third kappa shape index (κ3) is 2.98. The lowest BCUT2D eigenvalue weighted by molar-refractivity contribution is -0.130. The molecule has 0 saturated carbocycles. The molecule has 2 rings (SSSR count). The molecule has 19 heavy (non-hydrogen) atoms. The number of hydrogen-bond donors (Lipinski definition) is 1. The first-order valence-corrected chi connectivity index (χ1v) is 6.88. The van der Waals surface area contributed by atoms with Gasteiger partial charge in [0, 0.05) is 35.4 Å². The van der Waals surface area contributed by atoms with Crippen LogP contribution in [0.5, 0.6) is 0 Å². The summed E-state index contributed by atoms with van der Waals surface area (Å²) in [7, 11) is 0. The summed E-state index contributed by atoms with van der Waals surface area (Å²) in [5.74, 6) is -0.426. The maximum absolute atomic E-state index is 14.0. The molecule has 0 amide bonds. The summed E-state index contributed by atoms with van der Waals surface area (Å²) >= 11 is 5.77. The summed E-state index contributed by atoms with van der Waals surface area (Å²) in [5, 5.41) is 3.58. The van der Waals surface area contributed by atoms with Crippen molar-refractivity contribution in [2.75, 3.05) is 13.1 Å². The zero-order valence-electron chi connectivity index (χ0n) is 11.5. The second-order valence-corrected chi connectivity index (χ2v) is 6.59. The van der Waals surface area contributed by atoms with Crippen molar-refractivity contribution in [3.63, 3.8) is 0 Å². The number of hydrogen-bond acceptors (Lipinski definition) is 2. The van der Waals surface area contributed by atoms with E-state index < -0.39 is 5.41 Å². The molecule has 0 bridgehead atoms. The molecular formula is C15H19ClFNO. The summed E-state index contributed by atoms with van der Waals surface area (Å²) in [6, 6.07) is 4.68. The molecular weight excluding hydrogens is 265 g/mol. The first-order valence-electron chi connectivity index (χ1n) is 6.50. The van der Waals surface area contributed by atoms with Crippen molar-refractivity contribution < 1.29 is 9.18 Å². The standard InChI is InChI=1S/C15H19ClFNO/c1-15(2,3)14(19)12-8-18-7-11(12)10-5-4-9(16)6-13(10)17/h4-6,11-12,18H,7-8H2,1-3H3/t11-,12+/m1/s1. The number of rotatable bonds is 2. The molecule has 1 aromatic carbocycles. The second kappa shape index (κ2) is 5.22. The van der Waals surface area contributed by atoms with Crippen molar-refractivity contribution in [3.05, 3.63) is 34.6 Å². The van der Waals surface area contributed by atoms with Gasteiger partial charge in [-0.2, -0.15) is 0 Å². The Morgan fingerprint density at radius 1 is 1.37 bits per heavy atom. The number of carbonyl (C=O) groups excluding carboxylic acids is 1. The maximum atomic E-state index is 14.0. The fourth-order valence-electron chi connectivity index (χ4n) is 2.64. The summed E-state index contributed by atoms with van der Waals surface area (Å²) < 4.78 is 14.0. The SMILES string of the molecule is CC(C)(C)C(=O)[C@H]1CNC[C@@H]1c1ccc(Cl)cc1F. The van der Waals surface area contributed by atoms with Crippen LogP contribution < -0.4 is 5.32 Å². The summed E-state index contributed by atoms with van der Waals surface area (Å²) in [4.78, 5) is 12.4. The number of nitrogens with one attached hydrogen (secondary N) is 1. The lowest BCUT2D eigenvalue weighted by Gasteiger charge is -2.25. The van der Waals surface area contributed by atoms with E-state index in [4.69, 9.17) is 11.6 Å². The Labute approximate surface area is 118 Å². The van der Waals surface area contributed by atoms with E-state index in [2.05, 4.69) is 5.32 Å². The van der Waals surface area contributed by atoms with E-state index in [-0.39, 0.29) is 23.4 Å². The van der Waals surface area contributed by atoms with Crippen LogP contribution in [0.4, 0.5) is 4.39 Å². The van der Waals surface area contributed by atoms with Crippen molar-refractivity contribution in [1.29, 1.82) is 0 Å². The molecule has 1 saturated heterocycles. The van der Waals surface area contributed by atoms with Gasteiger partial charge in [-0.3, -0.25) is 4.79 Å². The lowest BCUT2D eigenvalue weighted by atomic mass is 9.76. The molecule has 1 aromatic rings. The molecule has 0 spiro atoms. The average molecular weight is 284 g/mol. The van der Waals surface area contributed by atoms with Gasteiger partial charge < -0.3 is 5.32 Å². The van der Waals surface area contributed by atoms with E-state index in [9.17, 15) is 9.18 Å². The van der Waals surface area contributed by atoms with Crippen molar-refractivity contribution in [2.24, 2.45) is 11.3 Å². The van der Waals surface area contributed by atoms with Gasteiger partial charge in [0.15, 0.2) is 0 Å². The zero-order chi connectivity index (χ0) is 14.2. The van der Waals surface area contributed by atoms with E-state index in [1.165, 1.54) is 6.07 Å². The minimum absolute atomic E-state index is 0.107. The highest BCUT2D eigenvalue weighted by Crippen LogP contribution is 2.35. The minimum atomic E-state index is -0.405. The first kappa shape index (κ1) is 14.5. The van der Waals surface area contributed by atoms with Crippen LogP contribution in [0, 0.1) is 17.2 Å². The van der Waals surface area contributed by atoms with E-state index >= 15 is 0 Å². The summed E-state index contributed by atoms with van der Waals surface area (Å²) in [5.41, 5.74) is 0.176. The van der Waals surface area contributed by atoms with Crippen LogP contribution in [0.3, 0.4) is 0 Å². The quantitative estimate of drug-likeness (QED) is 0.901. The molecule has 104 valence electrons. The van der Waals surface area contributed by atoms with Crippen LogP contribution in [-0.4, -0.2) is 18.9 Å². The Morgan fingerprint density at radius 3 is 2.63 bits per heavy atom. The number of Topliss-reactive ketones (excluding diaryl/α,β-unsaturated/α-hetero) is 1. The molecule has 0 unspecified atom stereocenters. The summed E-state index contributed by atoms with van der Waals surface area (Å²) in [6.45, 7) is 6.96. The smallest absolute Gasteiger partial charge is 0.143 e. The fourth-order valence-corrected chi connectivity index (χ4v) is 2.80. The first-order chi connectivity index (χ1) is 8.80. The number of benzene rings is 1. The Morgan fingerprint density at radius 2 is 2.05 bits per heavy atom. The van der Waals surface area contributed by atoms with Crippen molar-refractivity contribution >= 4 is 17.4 Å². The molecule has 1 heterocycles. The molecule has 4 heteroatoms. The molecule has 1 aliphatic heterocycles. The fraction of sp³-hybridized carbons (Fsp3) is 0.533. The molecule has 1 fully saturated rings. The van der Waals surface area contributed by atoms with Crippen molar-refractivity contribution in [1.82, 2.24) is 5.32 Å². The van der Waals surface area contributed by atoms with Crippen molar-refractivity contribution in [2.45, 2.75) is 26.7 Å². The highest BCUT2D eigenvalue weighted by Gasteiger charge is 2.39. The van der Waals surface area contributed by atoms with Crippen LogP contribution in [0.15, 0.2) is 18.2 Å². The van der Waals surface area contributed by atoms with E-state index in [0.717, 1.165) is 0 Å². The largest absolute Gasteiger partial charge is 0.315 e.